The maximum Gasteiger partial charge on any atom is 0.237 e. The van der Waals surface area contributed by atoms with Gasteiger partial charge in [-0.1, -0.05) is 58.9 Å². The zero-order valence-corrected chi connectivity index (χ0v) is 14.5. The summed E-state index contributed by atoms with van der Waals surface area (Å²) in [5.74, 6) is 2.29. The average molecular weight is 370 g/mol. The second-order valence-corrected chi connectivity index (χ2v) is 6.52. The lowest BCUT2D eigenvalue weighted by atomic mass is 10.2. The number of nitrogens with zero attached hydrogens (tertiary/aromatic N) is 4. The van der Waals surface area contributed by atoms with Gasteiger partial charge < -0.3 is 4.52 Å². The topological polar surface area (TPSA) is 80.5 Å². The first-order chi connectivity index (χ1) is 12.3. The largest absolute Gasteiger partial charge is 0.338 e. The Balaban J connectivity index is 1.42. The Morgan fingerprint density at radius 3 is 2.56 bits per heavy atom. The van der Waals surface area contributed by atoms with Crippen molar-refractivity contribution in [2.45, 2.75) is 10.9 Å². The number of halogens is 1. The fourth-order valence-electron chi connectivity index (χ4n) is 2.19. The van der Waals surface area contributed by atoms with Crippen molar-refractivity contribution in [1.82, 2.24) is 25.3 Å². The first-order valence-corrected chi connectivity index (χ1v) is 8.83. The van der Waals surface area contributed by atoms with Gasteiger partial charge in [-0.15, -0.1) is 5.10 Å². The van der Waals surface area contributed by atoms with E-state index in [1.54, 1.807) is 0 Å². The summed E-state index contributed by atoms with van der Waals surface area (Å²) in [6.07, 6.45) is 0. The summed E-state index contributed by atoms with van der Waals surface area (Å²) in [5.41, 5.74) is 1.85. The molecule has 2 heterocycles. The summed E-state index contributed by atoms with van der Waals surface area (Å²) in [5, 5.41) is 12.4. The van der Waals surface area contributed by atoms with E-state index in [4.69, 9.17) is 16.1 Å². The maximum atomic E-state index is 5.89. The van der Waals surface area contributed by atoms with Crippen LogP contribution in [-0.2, 0) is 5.75 Å². The molecule has 4 aromatic rings. The first kappa shape index (κ1) is 15.9. The number of rotatable bonds is 5. The summed E-state index contributed by atoms with van der Waals surface area (Å²) in [7, 11) is 0. The molecule has 0 saturated carbocycles. The van der Waals surface area contributed by atoms with E-state index in [2.05, 4.69) is 25.3 Å². The van der Waals surface area contributed by atoms with Crippen LogP contribution in [-0.4, -0.2) is 25.3 Å². The molecule has 0 amide bonds. The molecule has 0 aliphatic carbocycles. The highest BCUT2D eigenvalue weighted by molar-refractivity contribution is 7.98. The molecule has 0 unspecified atom stereocenters. The van der Waals surface area contributed by atoms with Crippen LogP contribution in [0.5, 0.6) is 0 Å². The lowest BCUT2D eigenvalue weighted by Gasteiger charge is -1.95. The van der Waals surface area contributed by atoms with E-state index in [1.165, 1.54) is 11.8 Å². The van der Waals surface area contributed by atoms with Crippen molar-refractivity contribution in [2.75, 3.05) is 0 Å². The van der Waals surface area contributed by atoms with E-state index in [0.717, 1.165) is 11.1 Å². The molecule has 2 aromatic heterocycles. The molecule has 0 saturated heterocycles. The van der Waals surface area contributed by atoms with Gasteiger partial charge in [-0.2, -0.15) is 4.98 Å². The fourth-order valence-corrected chi connectivity index (χ4v) is 2.95. The predicted octanol–water partition coefficient (Wildman–Crippen LogP) is 4.47. The Morgan fingerprint density at radius 1 is 0.960 bits per heavy atom. The summed E-state index contributed by atoms with van der Waals surface area (Å²) in [6.45, 7) is 0. The van der Waals surface area contributed by atoms with Gasteiger partial charge in [0.2, 0.25) is 16.9 Å². The van der Waals surface area contributed by atoms with Gasteiger partial charge in [-0.25, -0.2) is 4.98 Å². The van der Waals surface area contributed by atoms with Crippen molar-refractivity contribution in [2.24, 2.45) is 0 Å². The van der Waals surface area contributed by atoms with E-state index in [-0.39, 0.29) is 0 Å². The van der Waals surface area contributed by atoms with Gasteiger partial charge in [0.1, 0.15) is 0 Å². The minimum Gasteiger partial charge on any atom is -0.338 e. The van der Waals surface area contributed by atoms with Gasteiger partial charge >= 0.3 is 0 Å². The molecule has 0 bridgehead atoms. The SMILES string of the molecule is Clc1ccc(-c2nc(SCc3nc(-c4ccccc4)no3)n[nH]2)cc1. The number of thioether (sulfide) groups is 1. The van der Waals surface area contributed by atoms with Crippen molar-refractivity contribution in [3.63, 3.8) is 0 Å². The molecule has 8 heteroatoms. The van der Waals surface area contributed by atoms with Gasteiger partial charge in [0.15, 0.2) is 5.82 Å². The Morgan fingerprint density at radius 2 is 1.76 bits per heavy atom. The lowest BCUT2D eigenvalue weighted by Crippen LogP contribution is -1.83. The van der Waals surface area contributed by atoms with Crippen LogP contribution in [0.4, 0.5) is 0 Å². The van der Waals surface area contributed by atoms with Gasteiger partial charge in [0.25, 0.3) is 0 Å². The zero-order valence-electron chi connectivity index (χ0n) is 12.9. The second kappa shape index (κ2) is 7.08. The highest BCUT2D eigenvalue weighted by atomic mass is 35.5. The van der Waals surface area contributed by atoms with Crippen LogP contribution in [0.25, 0.3) is 22.8 Å². The van der Waals surface area contributed by atoms with Crippen molar-refractivity contribution >= 4 is 23.4 Å². The van der Waals surface area contributed by atoms with Crippen LogP contribution in [0.1, 0.15) is 5.89 Å². The monoisotopic (exact) mass is 369 g/mol. The van der Waals surface area contributed by atoms with Crippen LogP contribution in [0.3, 0.4) is 0 Å². The van der Waals surface area contributed by atoms with Crippen LogP contribution >= 0.6 is 23.4 Å². The van der Waals surface area contributed by atoms with E-state index in [0.29, 0.717) is 33.5 Å². The molecule has 0 fully saturated rings. The van der Waals surface area contributed by atoms with E-state index < -0.39 is 0 Å². The third kappa shape index (κ3) is 3.72. The number of aromatic amines is 1. The third-order valence-electron chi connectivity index (χ3n) is 3.41. The Hall–Kier alpha value is -2.64. The molecule has 2 aromatic carbocycles. The van der Waals surface area contributed by atoms with Crippen LogP contribution in [0, 0.1) is 0 Å². The molecule has 0 spiro atoms. The predicted molar refractivity (Wildman–Crippen MR) is 96.1 cm³/mol. The van der Waals surface area contributed by atoms with E-state index in [1.807, 2.05) is 54.6 Å². The number of hydrogen-bond donors (Lipinski definition) is 1. The maximum absolute atomic E-state index is 5.89. The van der Waals surface area contributed by atoms with Crippen molar-refractivity contribution in [1.29, 1.82) is 0 Å². The number of aromatic nitrogens is 5. The molecule has 25 heavy (non-hydrogen) atoms. The number of hydrogen-bond acceptors (Lipinski definition) is 6. The molecule has 4 rings (SSSR count). The van der Waals surface area contributed by atoms with Gasteiger partial charge in [0.05, 0.1) is 5.75 Å². The highest BCUT2D eigenvalue weighted by Crippen LogP contribution is 2.24. The standard InChI is InChI=1S/C17H12ClN5OS/c18-13-8-6-12(7-9-13)15-20-17(22-21-15)25-10-14-19-16(23-24-14)11-4-2-1-3-5-11/h1-9H,10H2,(H,20,21,22). The Bertz CT molecular complexity index is 968. The first-order valence-electron chi connectivity index (χ1n) is 7.47. The second-order valence-electron chi connectivity index (χ2n) is 5.14. The molecule has 0 aliphatic heterocycles. The van der Waals surface area contributed by atoms with Gasteiger partial charge in [0, 0.05) is 16.1 Å². The summed E-state index contributed by atoms with van der Waals surface area (Å²) < 4.78 is 5.28. The molecule has 6 nitrogen and oxygen atoms in total. The smallest absolute Gasteiger partial charge is 0.237 e. The molecule has 124 valence electrons. The number of benzene rings is 2. The molecule has 1 N–H and O–H groups in total. The molecule has 0 aliphatic rings. The average Bonchev–Trinajstić information content (AvgIpc) is 3.31. The van der Waals surface area contributed by atoms with Crippen molar-refractivity contribution in [3.05, 3.63) is 65.5 Å². The Labute approximate surface area is 152 Å². The highest BCUT2D eigenvalue weighted by Gasteiger charge is 2.11. The van der Waals surface area contributed by atoms with Crippen LogP contribution in [0.2, 0.25) is 5.02 Å². The lowest BCUT2D eigenvalue weighted by molar-refractivity contribution is 0.391. The normalized spacial score (nSPS) is 10.9. The van der Waals surface area contributed by atoms with E-state index >= 15 is 0 Å². The van der Waals surface area contributed by atoms with Crippen molar-refractivity contribution in [3.8, 4) is 22.8 Å². The van der Waals surface area contributed by atoms with Crippen molar-refractivity contribution < 1.29 is 4.52 Å². The minimum atomic E-state index is 0.498. The van der Waals surface area contributed by atoms with E-state index in [9.17, 15) is 0 Å². The van der Waals surface area contributed by atoms with Gasteiger partial charge in [-0.3, -0.25) is 5.10 Å². The summed E-state index contributed by atoms with van der Waals surface area (Å²) in [4.78, 5) is 8.84. The summed E-state index contributed by atoms with van der Waals surface area (Å²) >= 11 is 7.32. The molecular weight excluding hydrogens is 358 g/mol. The van der Waals surface area contributed by atoms with Crippen LogP contribution < -0.4 is 0 Å². The molecule has 0 radical (unpaired) electrons. The summed E-state index contributed by atoms with van der Waals surface area (Å²) in [6, 6.07) is 17.1. The van der Waals surface area contributed by atoms with Gasteiger partial charge in [-0.05, 0) is 24.3 Å². The quantitative estimate of drug-likeness (QED) is 0.523. The fraction of sp³-hybridized carbons (Fsp3) is 0.0588. The molecular formula is C17H12ClN5OS. The Kier molecular flexibility index (Phi) is 4.49. The number of H-pyrrole nitrogens is 1. The molecule has 0 atom stereocenters. The minimum absolute atomic E-state index is 0.498. The zero-order chi connectivity index (χ0) is 17.1. The number of nitrogens with one attached hydrogen (secondary N) is 1. The third-order valence-corrected chi connectivity index (χ3v) is 4.49. The van der Waals surface area contributed by atoms with Crippen LogP contribution in [0.15, 0.2) is 64.3 Å².